The standard InChI is InChI=1S/C12H21N2O4/c1-8(2)9(7-15)14-10(16)6-13-11(17)18-12(3,4)5/h8-9H,6H2,1-5H3,(H,13,17)(H,14,16)/t9-/m1/s1. The molecule has 6 nitrogen and oxygen atoms in total. The molecule has 0 aliphatic heterocycles. The zero-order valence-electron chi connectivity index (χ0n) is 11.5. The summed E-state index contributed by atoms with van der Waals surface area (Å²) in [4.78, 5) is 33.2. The lowest BCUT2D eigenvalue weighted by molar-refractivity contribution is -0.120. The SMILES string of the molecule is CC(C)[C@@H]([C]=O)NC(=O)CNC(=O)OC(C)(C)C. The molecule has 0 rings (SSSR count). The molecule has 1 radical (unpaired) electrons. The molecule has 1 atom stereocenters. The highest BCUT2D eigenvalue weighted by Gasteiger charge is 2.19. The van der Waals surface area contributed by atoms with Crippen LogP contribution in [-0.2, 0) is 14.3 Å². The molecule has 0 saturated heterocycles. The highest BCUT2D eigenvalue weighted by atomic mass is 16.6. The lowest BCUT2D eigenvalue weighted by atomic mass is 10.1. The fourth-order valence-corrected chi connectivity index (χ4v) is 1.02. The zero-order valence-corrected chi connectivity index (χ0v) is 11.5. The highest BCUT2D eigenvalue weighted by Crippen LogP contribution is 2.06. The average Bonchev–Trinajstić information content (AvgIpc) is 2.20. The van der Waals surface area contributed by atoms with Gasteiger partial charge in [0.05, 0.1) is 6.04 Å². The van der Waals surface area contributed by atoms with Crippen LogP contribution in [0.4, 0.5) is 4.79 Å². The molecule has 6 heteroatoms. The van der Waals surface area contributed by atoms with Gasteiger partial charge in [0.2, 0.25) is 12.2 Å². The molecule has 18 heavy (non-hydrogen) atoms. The Hall–Kier alpha value is -1.59. The lowest BCUT2D eigenvalue weighted by Gasteiger charge is -2.20. The molecule has 0 aliphatic carbocycles. The van der Waals surface area contributed by atoms with Crippen molar-refractivity contribution in [2.75, 3.05) is 6.54 Å². The van der Waals surface area contributed by atoms with Crippen LogP contribution in [0, 0.1) is 5.92 Å². The Bertz CT molecular complexity index is 308. The first-order chi connectivity index (χ1) is 8.15. The molecule has 0 aromatic rings. The van der Waals surface area contributed by atoms with Gasteiger partial charge in [-0.25, -0.2) is 4.79 Å². The predicted octanol–water partition coefficient (Wildman–Crippen LogP) is 0.762. The number of hydrogen-bond donors (Lipinski definition) is 2. The van der Waals surface area contributed by atoms with Crippen LogP contribution in [0.2, 0.25) is 0 Å². The minimum absolute atomic E-state index is 0.0482. The van der Waals surface area contributed by atoms with E-state index in [0.717, 1.165) is 0 Å². The number of carbonyl (C=O) groups excluding carboxylic acids is 3. The van der Waals surface area contributed by atoms with E-state index in [1.807, 2.05) is 0 Å². The second-order valence-electron chi connectivity index (χ2n) is 5.26. The van der Waals surface area contributed by atoms with Crippen LogP contribution in [0.15, 0.2) is 0 Å². The molecule has 0 heterocycles. The van der Waals surface area contributed by atoms with Crippen LogP contribution in [0.1, 0.15) is 34.6 Å². The second kappa shape index (κ2) is 6.98. The van der Waals surface area contributed by atoms with Gasteiger partial charge in [-0.1, -0.05) is 13.8 Å². The van der Waals surface area contributed by atoms with E-state index in [-0.39, 0.29) is 12.5 Å². The highest BCUT2D eigenvalue weighted by molar-refractivity contribution is 5.84. The van der Waals surface area contributed by atoms with Gasteiger partial charge >= 0.3 is 6.09 Å². The molecule has 0 aromatic heterocycles. The Balaban J connectivity index is 4.04. The third-order valence-corrected chi connectivity index (χ3v) is 1.90. The topological polar surface area (TPSA) is 84.5 Å². The number of ether oxygens (including phenoxy) is 1. The van der Waals surface area contributed by atoms with Crippen molar-refractivity contribution in [2.45, 2.75) is 46.3 Å². The zero-order chi connectivity index (χ0) is 14.3. The minimum Gasteiger partial charge on any atom is -0.444 e. The first-order valence-electron chi connectivity index (χ1n) is 5.79. The van der Waals surface area contributed by atoms with Crippen molar-refractivity contribution >= 4 is 18.3 Å². The van der Waals surface area contributed by atoms with Crippen LogP contribution >= 0.6 is 0 Å². The summed E-state index contributed by atoms with van der Waals surface area (Å²) < 4.78 is 4.96. The molecule has 0 saturated carbocycles. The van der Waals surface area contributed by atoms with E-state index in [1.54, 1.807) is 40.9 Å². The van der Waals surface area contributed by atoms with Crippen molar-refractivity contribution in [3.05, 3.63) is 0 Å². The van der Waals surface area contributed by atoms with Gasteiger partial charge in [-0.15, -0.1) is 0 Å². The average molecular weight is 257 g/mol. The first-order valence-corrected chi connectivity index (χ1v) is 5.79. The van der Waals surface area contributed by atoms with Crippen molar-refractivity contribution in [2.24, 2.45) is 5.92 Å². The smallest absolute Gasteiger partial charge is 0.408 e. The van der Waals surface area contributed by atoms with E-state index < -0.39 is 23.6 Å². The minimum atomic E-state index is -0.672. The normalized spacial score (nSPS) is 12.8. The van der Waals surface area contributed by atoms with Gasteiger partial charge in [-0.3, -0.25) is 9.59 Å². The van der Waals surface area contributed by atoms with Crippen molar-refractivity contribution in [1.82, 2.24) is 10.6 Å². The largest absolute Gasteiger partial charge is 0.444 e. The van der Waals surface area contributed by atoms with Gasteiger partial charge in [-0.2, -0.15) is 0 Å². The monoisotopic (exact) mass is 257 g/mol. The maximum Gasteiger partial charge on any atom is 0.408 e. The third-order valence-electron chi connectivity index (χ3n) is 1.90. The van der Waals surface area contributed by atoms with E-state index in [0.29, 0.717) is 0 Å². The number of carbonyl (C=O) groups is 2. The number of nitrogens with one attached hydrogen (secondary N) is 2. The molecule has 0 aliphatic rings. The van der Waals surface area contributed by atoms with Gasteiger partial charge in [0.15, 0.2) is 0 Å². The van der Waals surface area contributed by atoms with Gasteiger partial charge < -0.3 is 15.4 Å². The van der Waals surface area contributed by atoms with Crippen molar-refractivity contribution in [3.8, 4) is 0 Å². The maximum atomic E-state index is 11.4. The molecular formula is C12H21N2O4. The Morgan fingerprint density at radius 2 is 1.83 bits per heavy atom. The van der Waals surface area contributed by atoms with E-state index in [2.05, 4.69) is 10.6 Å². The van der Waals surface area contributed by atoms with Gasteiger partial charge in [0, 0.05) is 0 Å². The molecule has 0 fully saturated rings. The quantitative estimate of drug-likeness (QED) is 0.761. The van der Waals surface area contributed by atoms with E-state index in [9.17, 15) is 14.4 Å². The van der Waals surface area contributed by atoms with E-state index in [1.165, 1.54) is 0 Å². The second-order valence-corrected chi connectivity index (χ2v) is 5.26. The van der Waals surface area contributed by atoms with Gasteiger partial charge in [0.25, 0.3) is 0 Å². The molecule has 2 N–H and O–H groups in total. The third kappa shape index (κ3) is 7.65. The van der Waals surface area contributed by atoms with Gasteiger partial charge in [-0.05, 0) is 26.7 Å². The number of rotatable bonds is 5. The molecule has 0 aromatic carbocycles. The summed E-state index contributed by atoms with van der Waals surface area (Å²) in [6, 6.07) is -0.669. The first kappa shape index (κ1) is 16.4. The van der Waals surface area contributed by atoms with Crippen LogP contribution in [0.3, 0.4) is 0 Å². The van der Waals surface area contributed by atoms with Crippen LogP contribution in [-0.4, -0.2) is 36.5 Å². The molecule has 0 spiro atoms. The molecule has 0 bridgehead atoms. The predicted molar refractivity (Wildman–Crippen MR) is 66.7 cm³/mol. The Morgan fingerprint density at radius 1 is 1.28 bits per heavy atom. The molecule has 103 valence electrons. The summed E-state index contributed by atoms with van der Waals surface area (Å²) >= 11 is 0. The van der Waals surface area contributed by atoms with Crippen molar-refractivity contribution < 1.29 is 19.1 Å². The fraction of sp³-hybridized carbons (Fsp3) is 0.750. The molecule has 2 amide bonds. The lowest BCUT2D eigenvalue weighted by Crippen LogP contribution is -2.45. The maximum absolute atomic E-state index is 11.4. The van der Waals surface area contributed by atoms with E-state index in [4.69, 9.17) is 4.74 Å². The summed E-state index contributed by atoms with van der Waals surface area (Å²) in [6.45, 7) is 8.52. The van der Waals surface area contributed by atoms with Crippen molar-refractivity contribution in [3.63, 3.8) is 0 Å². The number of alkyl carbamates (subject to hydrolysis) is 1. The molecule has 0 unspecified atom stereocenters. The van der Waals surface area contributed by atoms with Crippen LogP contribution < -0.4 is 10.6 Å². The van der Waals surface area contributed by atoms with E-state index >= 15 is 0 Å². The van der Waals surface area contributed by atoms with Crippen molar-refractivity contribution in [1.29, 1.82) is 0 Å². The fourth-order valence-electron chi connectivity index (χ4n) is 1.02. The molecular weight excluding hydrogens is 236 g/mol. The Labute approximate surface area is 107 Å². The Kier molecular flexibility index (Phi) is 6.36. The summed E-state index contributed by atoms with van der Waals surface area (Å²) in [5.74, 6) is -0.504. The van der Waals surface area contributed by atoms with Crippen LogP contribution in [0.25, 0.3) is 0 Å². The Morgan fingerprint density at radius 3 is 2.22 bits per heavy atom. The summed E-state index contributed by atoms with van der Waals surface area (Å²) in [5, 5.41) is 4.76. The summed E-state index contributed by atoms with van der Waals surface area (Å²) in [7, 11) is 0. The number of amides is 2. The van der Waals surface area contributed by atoms with Gasteiger partial charge in [0.1, 0.15) is 12.1 Å². The summed E-state index contributed by atoms with van der Waals surface area (Å²) in [5.41, 5.74) is -0.613. The summed E-state index contributed by atoms with van der Waals surface area (Å²) in [6.07, 6.45) is 1.06. The van der Waals surface area contributed by atoms with Crippen LogP contribution in [0.5, 0.6) is 0 Å². The number of hydrogen-bond acceptors (Lipinski definition) is 4.